The Kier molecular flexibility index (Phi) is 11.7. The van der Waals surface area contributed by atoms with Crippen LogP contribution in [0.3, 0.4) is 0 Å². The van der Waals surface area contributed by atoms with Crippen molar-refractivity contribution in [2.24, 2.45) is 0 Å². The van der Waals surface area contributed by atoms with Crippen molar-refractivity contribution >= 4 is 17.5 Å². The van der Waals surface area contributed by atoms with Crippen molar-refractivity contribution in [3.63, 3.8) is 0 Å². The zero-order valence-corrected chi connectivity index (χ0v) is 15.3. The van der Waals surface area contributed by atoms with Crippen LogP contribution in [0.25, 0.3) is 0 Å². The highest BCUT2D eigenvalue weighted by atomic mass is 35.5. The first-order chi connectivity index (χ1) is 11.3. The van der Waals surface area contributed by atoms with E-state index >= 15 is 0 Å². The molecule has 0 fully saturated rings. The third-order valence-electron chi connectivity index (χ3n) is 4.19. The molecular weight excluding hydrogens is 306 g/mol. The van der Waals surface area contributed by atoms with Crippen molar-refractivity contribution in [1.29, 1.82) is 0 Å². The zero-order valence-electron chi connectivity index (χ0n) is 14.6. The topological polar surface area (TPSA) is 29.1 Å². The second-order valence-corrected chi connectivity index (χ2v) is 6.54. The van der Waals surface area contributed by atoms with Crippen molar-refractivity contribution in [2.45, 2.75) is 77.0 Å². The standard InChI is InChI=1S/C20H32ClNO/c1-2-3-4-5-6-7-8-9-10-11-16-22-20(23)19-14-12-18(17-21)13-15-19/h12-15H,2-11,16-17H2,1H3,(H,22,23). The number of nitrogens with one attached hydrogen (secondary N) is 1. The molecule has 0 unspecified atom stereocenters. The summed E-state index contributed by atoms with van der Waals surface area (Å²) in [5.41, 5.74) is 1.75. The van der Waals surface area contributed by atoms with Gasteiger partial charge in [-0.05, 0) is 24.1 Å². The first-order valence-electron chi connectivity index (χ1n) is 9.21. The van der Waals surface area contributed by atoms with E-state index in [0.29, 0.717) is 11.4 Å². The number of halogens is 1. The molecule has 0 aromatic heterocycles. The van der Waals surface area contributed by atoms with E-state index in [1.54, 1.807) is 0 Å². The van der Waals surface area contributed by atoms with Gasteiger partial charge in [-0.25, -0.2) is 0 Å². The molecule has 0 radical (unpaired) electrons. The molecule has 23 heavy (non-hydrogen) atoms. The van der Waals surface area contributed by atoms with E-state index in [1.807, 2.05) is 24.3 Å². The van der Waals surface area contributed by atoms with E-state index in [4.69, 9.17) is 11.6 Å². The Morgan fingerprint density at radius 3 is 1.91 bits per heavy atom. The van der Waals surface area contributed by atoms with Crippen molar-refractivity contribution in [3.05, 3.63) is 35.4 Å². The molecule has 0 aliphatic heterocycles. The number of alkyl halides is 1. The zero-order chi connectivity index (χ0) is 16.8. The Morgan fingerprint density at radius 2 is 1.39 bits per heavy atom. The molecule has 3 heteroatoms. The highest BCUT2D eigenvalue weighted by Gasteiger charge is 2.04. The maximum atomic E-state index is 12.0. The van der Waals surface area contributed by atoms with Crippen LogP contribution in [0, 0.1) is 0 Å². The molecule has 1 amide bonds. The van der Waals surface area contributed by atoms with Crippen LogP contribution in [0.1, 0.15) is 87.1 Å². The average Bonchev–Trinajstić information content (AvgIpc) is 2.59. The van der Waals surface area contributed by atoms with Gasteiger partial charge >= 0.3 is 0 Å². The molecule has 0 bridgehead atoms. The lowest BCUT2D eigenvalue weighted by Crippen LogP contribution is -2.24. The van der Waals surface area contributed by atoms with Gasteiger partial charge in [0, 0.05) is 18.0 Å². The van der Waals surface area contributed by atoms with Gasteiger partial charge < -0.3 is 5.32 Å². The van der Waals surface area contributed by atoms with Crippen LogP contribution < -0.4 is 5.32 Å². The molecule has 0 heterocycles. The number of benzene rings is 1. The largest absolute Gasteiger partial charge is 0.352 e. The van der Waals surface area contributed by atoms with Crippen molar-refractivity contribution in [2.75, 3.05) is 6.54 Å². The SMILES string of the molecule is CCCCCCCCCCCCNC(=O)c1ccc(CCl)cc1. The van der Waals surface area contributed by atoms with Crippen molar-refractivity contribution in [1.82, 2.24) is 5.32 Å². The first-order valence-corrected chi connectivity index (χ1v) is 9.74. The Hall–Kier alpha value is -1.02. The van der Waals surface area contributed by atoms with Gasteiger partial charge in [0.1, 0.15) is 0 Å². The Morgan fingerprint density at radius 1 is 0.870 bits per heavy atom. The molecule has 0 aliphatic rings. The van der Waals surface area contributed by atoms with Gasteiger partial charge in [-0.15, -0.1) is 11.6 Å². The summed E-state index contributed by atoms with van der Waals surface area (Å²) < 4.78 is 0. The summed E-state index contributed by atoms with van der Waals surface area (Å²) in [6.07, 6.45) is 13.1. The lowest BCUT2D eigenvalue weighted by Gasteiger charge is -2.06. The van der Waals surface area contributed by atoms with Crippen LogP contribution in [0.4, 0.5) is 0 Å². The molecule has 0 saturated carbocycles. The van der Waals surface area contributed by atoms with Gasteiger partial charge in [-0.2, -0.15) is 0 Å². The number of carbonyl (C=O) groups excluding carboxylic acids is 1. The van der Waals surface area contributed by atoms with Crippen LogP contribution in [-0.2, 0) is 5.88 Å². The molecule has 1 N–H and O–H groups in total. The smallest absolute Gasteiger partial charge is 0.251 e. The van der Waals surface area contributed by atoms with Gasteiger partial charge in [-0.3, -0.25) is 4.79 Å². The number of unbranched alkanes of at least 4 members (excludes halogenated alkanes) is 9. The molecule has 0 aliphatic carbocycles. The van der Waals surface area contributed by atoms with Gasteiger partial charge in [0.15, 0.2) is 0 Å². The fraction of sp³-hybridized carbons (Fsp3) is 0.650. The Balaban J connectivity index is 1.97. The summed E-state index contributed by atoms with van der Waals surface area (Å²) >= 11 is 5.74. The summed E-state index contributed by atoms with van der Waals surface area (Å²) in [6.45, 7) is 3.03. The second-order valence-electron chi connectivity index (χ2n) is 6.27. The van der Waals surface area contributed by atoms with Crippen LogP contribution in [0.5, 0.6) is 0 Å². The molecule has 0 atom stereocenters. The monoisotopic (exact) mass is 337 g/mol. The van der Waals surface area contributed by atoms with E-state index in [2.05, 4.69) is 12.2 Å². The van der Waals surface area contributed by atoms with Gasteiger partial charge in [-0.1, -0.05) is 76.8 Å². The second kappa shape index (κ2) is 13.4. The van der Waals surface area contributed by atoms with Crippen LogP contribution in [-0.4, -0.2) is 12.5 Å². The highest BCUT2D eigenvalue weighted by Crippen LogP contribution is 2.10. The van der Waals surface area contributed by atoms with Gasteiger partial charge in [0.25, 0.3) is 5.91 Å². The van der Waals surface area contributed by atoms with Gasteiger partial charge in [0.2, 0.25) is 0 Å². The average molecular weight is 338 g/mol. The molecule has 1 aromatic rings. The number of hydrogen-bond acceptors (Lipinski definition) is 1. The first kappa shape index (κ1) is 20.0. The van der Waals surface area contributed by atoms with Crippen LogP contribution in [0.2, 0.25) is 0 Å². The maximum absolute atomic E-state index is 12.0. The minimum Gasteiger partial charge on any atom is -0.352 e. The fourth-order valence-corrected chi connectivity index (χ4v) is 2.84. The van der Waals surface area contributed by atoms with E-state index < -0.39 is 0 Å². The molecule has 130 valence electrons. The number of amides is 1. The minimum atomic E-state index is 0.0158. The third kappa shape index (κ3) is 9.65. The van der Waals surface area contributed by atoms with Crippen molar-refractivity contribution < 1.29 is 4.79 Å². The predicted molar refractivity (Wildman–Crippen MR) is 100 cm³/mol. The molecule has 0 spiro atoms. The van der Waals surface area contributed by atoms with E-state index in [9.17, 15) is 4.79 Å². The van der Waals surface area contributed by atoms with E-state index in [1.165, 1.54) is 57.8 Å². The molecule has 1 aromatic carbocycles. The maximum Gasteiger partial charge on any atom is 0.251 e. The fourth-order valence-electron chi connectivity index (χ4n) is 2.66. The molecule has 0 saturated heterocycles. The van der Waals surface area contributed by atoms with E-state index in [-0.39, 0.29) is 5.91 Å². The third-order valence-corrected chi connectivity index (χ3v) is 4.49. The van der Waals surface area contributed by atoms with E-state index in [0.717, 1.165) is 18.5 Å². The lowest BCUT2D eigenvalue weighted by atomic mass is 10.1. The minimum absolute atomic E-state index is 0.0158. The quantitative estimate of drug-likeness (QED) is 0.343. The highest BCUT2D eigenvalue weighted by molar-refractivity contribution is 6.17. The summed E-state index contributed by atoms with van der Waals surface area (Å²) in [5, 5.41) is 2.99. The van der Waals surface area contributed by atoms with Gasteiger partial charge in [0.05, 0.1) is 0 Å². The summed E-state index contributed by atoms with van der Waals surface area (Å²) in [6, 6.07) is 7.49. The molecular formula is C20H32ClNO. The van der Waals surface area contributed by atoms with Crippen LogP contribution >= 0.6 is 11.6 Å². The summed E-state index contributed by atoms with van der Waals surface area (Å²) in [5.74, 6) is 0.502. The van der Waals surface area contributed by atoms with Crippen molar-refractivity contribution in [3.8, 4) is 0 Å². The molecule has 1 rings (SSSR count). The normalized spacial score (nSPS) is 10.7. The van der Waals surface area contributed by atoms with Crippen LogP contribution in [0.15, 0.2) is 24.3 Å². The lowest BCUT2D eigenvalue weighted by molar-refractivity contribution is 0.0953. The number of carbonyl (C=O) groups is 1. The molecule has 2 nitrogen and oxygen atoms in total. The Bertz CT molecular complexity index is 416. The number of hydrogen-bond donors (Lipinski definition) is 1. The predicted octanol–water partition coefficient (Wildman–Crippen LogP) is 6.08. The summed E-state index contributed by atoms with van der Waals surface area (Å²) in [4.78, 5) is 12.0. The summed E-state index contributed by atoms with van der Waals surface area (Å²) in [7, 11) is 0. The number of rotatable bonds is 13. The Labute approximate surface area is 147 Å².